The third-order valence-electron chi connectivity index (χ3n) is 5.45. The van der Waals surface area contributed by atoms with Gasteiger partial charge >= 0.3 is 0 Å². The van der Waals surface area contributed by atoms with Crippen molar-refractivity contribution in [2.24, 2.45) is 5.92 Å². The van der Waals surface area contributed by atoms with Gasteiger partial charge in [-0.05, 0) is 30.4 Å². The third-order valence-corrected chi connectivity index (χ3v) is 5.45. The van der Waals surface area contributed by atoms with Crippen LogP contribution in [0.25, 0.3) is 0 Å². The number of hydrogen-bond acceptors (Lipinski definition) is 5. The molecule has 0 radical (unpaired) electrons. The Balaban J connectivity index is 0.000000257. The summed E-state index contributed by atoms with van der Waals surface area (Å²) in [6, 6.07) is 6.34. The van der Waals surface area contributed by atoms with Crippen LogP contribution in [-0.2, 0) is 16.1 Å². The van der Waals surface area contributed by atoms with Crippen molar-refractivity contribution in [3.63, 3.8) is 0 Å². The van der Waals surface area contributed by atoms with E-state index in [0.29, 0.717) is 42.8 Å². The van der Waals surface area contributed by atoms with Crippen molar-refractivity contribution in [2.45, 2.75) is 58.6 Å². The molecule has 0 spiro atoms. The van der Waals surface area contributed by atoms with Crippen LogP contribution in [0.1, 0.15) is 68.5 Å². The normalized spacial score (nSPS) is 16.2. The highest BCUT2D eigenvalue weighted by molar-refractivity contribution is 5.83. The highest BCUT2D eigenvalue weighted by Gasteiger charge is 2.35. The van der Waals surface area contributed by atoms with Gasteiger partial charge in [0.1, 0.15) is 17.5 Å². The molecule has 0 aliphatic carbocycles. The molecule has 1 aromatic heterocycles. The second kappa shape index (κ2) is 12.2. The molecule has 8 heteroatoms. The average Bonchev–Trinajstić information content (AvgIpc) is 3.43. The highest BCUT2D eigenvalue weighted by Crippen LogP contribution is 2.30. The Morgan fingerprint density at radius 1 is 1.39 bits per heavy atom. The number of nitrogens with one attached hydrogen (secondary N) is 1. The Labute approximate surface area is 194 Å². The van der Waals surface area contributed by atoms with Gasteiger partial charge < -0.3 is 19.8 Å². The first kappa shape index (κ1) is 26.1. The second-order valence-electron chi connectivity index (χ2n) is 8.71. The molecule has 1 saturated heterocycles. The lowest BCUT2D eigenvalue weighted by atomic mass is 9.91. The molecule has 1 aromatic carbocycles. The number of likely N-dealkylation sites (tertiary alicyclic amines) is 1. The predicted molar refractivity (Wildman–Crippen MR) is 123 cm³/mol. The number of halogens is 1. The maximum absolute atomic E-state index is 13.1. The van der Waals surface area contributed by atoms with Crippen molar-refractivity contribution in [3.05, 3.63) is 52.7 Å². The zero-order valence-electron chi connectivity index (χ0n) is 19.5. The molecule has 1 fully saturated rings. The summed E-state index contributed by atoms with van der Waals surface area (Å²) in [6.45, 7) is 9.33. The topological polar surface area (TPSA) is 95.7 Å². The Morgan fingerprint density at radius 2 is 2.12 bits per heavy atom. The first-order valence-corrected chi connectivity index (χ1v) is 11.0. The van der Waals surface area contributed by atoms with Crippen LogP contribution in [0.2, 0.25) is 0 Å². The number of carbonyl (C=O) groups is 2. The zero-order valence-corrected chi connectivity index (χ0v) is 19.5. The van der Waals surface area contributed by atoms with Gasteiger partial charge in [0.25, 0.3) is 0 Å². The lowest BCUT2D eigenvalue weighted by Gasteiger charge is -2.23. The van der Waals surface area contributed by atoms with Crippen LogP contribution in [0, 0.1) is 24.1 Å². The molecule has 0 bridgehead atoms. The number of hydrogen-bond donors (Lipinski definition) is 2. The fourth-order valence-electron chi connectivity index (χ4n) is 3.53. The Bertz CT molecular complexity index is 980. The number of amides is 2. The van der Waals surface area contributed by atoms with Gasteiger partial charge in [-0.1, -0.05) is 44.8 Å². The molecule has 1 aliphatic heterocycles. The largest absolute Gasteiger partial charge is 0.391 e. The molecule has 2 aromatic rings. The van der Waals surface area contributed by atoms with Crippen molar-refractivity contribution in [2.75, 3.05) is 13.1 Å². The summed E-state index contributed by atoms with van der Waals surface area (Å²) in [6.07, 6.45) is 5.86. The standard InChI is InChI=1S/C15H24N2O3.C10H8FNO/c1-9(2)12-7-13(20-16-12)14(10(3)4)15(19)17-6-5-11(18)8-17;1-2-8-3-4-9(6-12-7-13)10(11)5-8/h7,9-11,14,18H,5-6,8H2,1-4H3;1,3-5,7H,6H2,(H,12,13). The molecule has 2 heterocycles. The van der Waals surface area contributed by atoms with Crippen LogP contribution >= 0.6 is 0 Å². The van der Waals surface area contributed by atoms with Crippen molar-refractivity contribution < 1.29 is 23.6 Å². The van der Waals surface area contributed by atoms with Crippen molar-refractivity contribution in [1.82, 2.24) is 15.4 Å². The van der Waals surface area contributed by atoms with E-state index in [-0.39, 0.29) is 30.2 Å². The van der Waals surface area contributed by atoms with Crippen LogP contribution in [-0.4, -0.2) is 46.7 Å². The first-order valence-electron chi connectivity index (χ1n) is 11.0. The number of terminal acetylenes is 1. The monoisotopic (exact) mass is 457 g/mol. The SMILES string of the molecule is C#Cc1ccc(CNC=O)c(F)c1.CC(C)c1cc(C(C(=O)N2CCC(O)C2)C(C)C)on1. The summed E-state index contributed by atoms with van der Waals surface area (Å²) in [7, 11) is 0. The predicted octanol–water partition coefficient (Wildman–Crippen LogP) is 3.18. The van der Waals surface area contributed by atoms with E-state index in [4.69, 9.17) is 10.9 Å². The highest BCUT2D eigenvalue weighted by atomic mass is 19.1. The fraction of sp³-hybridized carbons (Fsp3) is 0.480. The van der Waals surface area contributed by atoms with Gasteiger partial charge in [0.2, 0.25) is 12.3 Å². The van der Waals surface area contributed by atoms with Gasteiger partial charge in [-0.3, -0.25) is 9.59 Å². The molecule has 178 valence electrons. The Hall–Kier alpha value is -3.18. The number of benzene rings is 1. The molecule has 7 nitrogen and oxygen atoms in total. The summed E-state index contributed by atoms with van der Waals surface area (Å²) in [5.41, 5.74) is 1.79. The first-order chi connectivity index (χ1) is 15.7. The minimum absolute atomic E-state index is 0.0306. The van der Waals surface area contributed by atoms with Crippen molar-refractivity contribution in [3.8, 4) is 12.3 Å². The van der Waals surface area contributed by atoms with Gasteiger partial charge in [-0.2, -0.15) is 0 Å². The number of aliphatic hydroxyl groups is 1. The summed E-state index contributed by atoms with van der Waals surface area (Å²) in [4.78, 5) is 24.3. The number of nitrogens with zero attached hydrogens (tertiary/aromatic N) is 2. The van der Waals surface area contributed by atoms with Gasteiger partial charge in [-0.15, -0.1) is 6.42 Å². The van der Waals surface area contributed by atoms with Crippen molar-refractivity contribution >= 4 is 12.3 Å². The molecule has 33 heavy (non-hydrogen) atoms. The minimum atomic E-state index is -0.398. The summed E-state index contributed by atoms with van der Waals surface area (Å²) in [5, 5.41) is 16.0. The molecular formula is C25H32FN3O4. The maximum Gasteiger partial charge on any atom is 0.233 e. The molecule has 2 atom stereocenters. The molecular weight excluding hydrogens is 425 g/mol. The number of carbonyl (C=O) groups excluding carboxylic acids is 2. The van der Waals surface area contributed by atoms with Crippen molar-refractivity contribution in [1.29, 1.82) is 0 Å². The molecule has 1 aliphatic rings. The lowest BCUT2D eigenvalue weighted by molar-refractivity contribution is -0.133. The van der Waals surface area contributed by atoms with E-state index in [9.17, 15) is 19.1 Å². The van der Waals surface area contributed by atoms with Gasteiger partial charge in [-0.25, -0.2) is 4.39 Å². The average molecular weight is 458 g/mol. The van der Waals surface area contributed by atoms with E-state index < -0.39 is 11.9 Å². The van der Waals surface area contributed by atoms with Gasteiger partial charge in [0, 0.05) is 36.8 Å². The van der Waals surface area contributed by atoms with Crippen LogP contribution in [0.3, 0.4) is 0 Å². The van der Waals surface area contributed by atoms with E-state index in [1.165, 1.54) is 6.07 Å². The van der Waals surface area contributed by atoms with E-state index in [2.05, 4.69) is 16.4 Å². The van der Waals surface area contributed by atoms with Crippen LogP contribution in [0.5, 0.6) is 0 Å². The summed E-state index contributed by atoms with van der Waals surface area (Å²) >= 11 is 0. The Kier molecular flexibility index (Phi) is 9.61. The van der Waals surface area contributed by atoms with Gasteiger partial charge in [0.05, 0.1) is 11.8 Å². The number of rotatable bonds is 7. The van der Waals surface area contributed by atoms with E-state index in [0.717, 1.165) is 5.69 Å². The molecule has 0 saturated carbocycles. The van der Waals surface area contributed by atoms with E-state index >= 15 is 0 Å². The zero-order chi connectivity index (χ0) is 24.5. The quantitative estimate of drug-likeness (QED) is 0.492. The number of β-amino-alcohol motifs (C(OH)–C–C–N with tert-alkyl or cyclic N) is 1. The molecule has 3 rings (SSSR count). The minimum Gasteiger partial charge on any atom is -0.391 e. The third kappa shape index (κ3) is 7.16. The summed E-state index contributed by atoms with van der Waals surface area (Å²) in [5.74, 6) is 2.68. The Morgan fingerprint density at radius 3 is 2.61 bits per heavy atom. The second-order valence-corrected chi connectivity index (χ2v) is 8.71. The molecule has 2 unspecified atom stereocenters. The van der Waals surface area contributed by atoms with Crippen LogP contribution < -0.4 is 5.32 Å². The van der Waals surface area contributed by atoms with Gasteiger partial charge in [0.15, 0.2) is 0 Å². The summed E-state index contributed by atoms with van der Waals surface area (Å²) < 4.78 is 18.5. The van der Waals surface area contributed by atoms with E-state index in [1.54, 1.807) is 17.0 Å². The lowest BCUT2D eigenvalue weighted by Crippen LogP contribution is -2.35. The van der Waals surface area contributed by atoms with E-state index in [1.807, 2.05) is 33.8 Å². The van der Waals surface area contributed by atoms with Crippen LogP contribution in [0.4, 0.5) is 4.39 Å². The smallest absolute Gasteiger partial charge is 0.233 e. The number of aliphatic hydroxyl groups excluding tert-OH is 1. The molecule has 2 N–H and O–H groups in total. The molecule has 2 amide bonds. The van der Waals surface area contributed by atoms with Crippen LogP contribution in [0.15, 0.2) is 28.8 Å². The maximum atomic E-state index is 13.1. The fourth-order valence-corrected chi connectivity index (χ4v) is 3.53. The number of aromatic nitrogens is 1.